The molecule has 0 saturated heterocycles. The van der Waals surface area contributed by atoms with Crippen LogP contribution in [0.15, 0.2) is 40.9 Å². The normalized spacial score (nSPS) is 19.1. The summed E-state index contributed by atoms with van der Waals surface area (Å²) < 4.78 is 1.62. The van der Waals surface area contributed by atoms with Gasteiger partial charge in [0.1, 0.15) is 0 Å². The van der Waals surface area contributed by atoms with E-state index in [1.54, 1.807) is 4.47 Å². The summed E-state index contributed by atoms with van der Waals surface area (Å²) in [5, 5.41) is 0. The summed E-state index contributed by atoms with van der Waals surface area (Å²) in [6, 6.07) is 8.85. The minimum atomic E-state index is 0.293. The van der Waals surface area contributed by atoms with Crippen LogP contribution in [0.4, 0.5) is 0 Å². The van der Waals surface area contributed by atoms with E-state index in [4.69, 9.17) is 0 Å². The van der Waals surface area contributed by atoms with Gasteiger partial charge < -0.3 is 0 Å². The first-order valence-electron chi connectivity index (χ1n) is 6.50. The average Bonchev–Trinajstić information content (AvgIpc) is 2.27. The monoisotopic (exact) mass is 306 g/mol. The molecule has 1 atom stereocenters. The third-order valence-electron chi connectivity index (χ3n) is 3.17. The van der Waals surface area contributed by atoms with Gasteiger partial charge in [-0.05, 0) is 0 Å². The fourth-order valence-corrected chi connectivity index (χ4v) is 5.47. The molecule has 0 aliphatic carbocycles. The molecule has 1 unspecified atom stereocenters. The maximum atomic E-state index is 4.10. The third kappa shape index (κ3) is 2.96. The minimum absolute atomic E-state index is 0.293. The van der Waals surface area contributed by atoms with Crippen LogP contribution >= 0.6 is 0 Å². The first kappa shape index (κ1) is 13.6. The average molecular weight is 305 g/mol. The molecule has 0 nitrogen and oxygen atoms in total. The summed E-state index contributed by atoms with van der Waals surface area (Å²) in [5.74, 6) is 0. The van der Waals surface area contributed by atoms with Gasteiger partial charge in [0.25, 0.3) is 0 Å². The number of hydrogen-bond acceptors (Lipinski definition) is 0. The molecule has 0 amide bonds. The molecule has 0 bridgehead atoms. The molecule has 18 heavy (non-hydrogen) atoms. The predicted octanol–water partition coefficient (Wildman–Crippen LogP) is 4.80. The Morgan fingerprint density at radius 3 is 2.56 bits per heavy atom. The molecule has 0 spiro atoms. The second-order valence-corrected chi connectivity index (χ2v) is 8.77. The molecule has 1 aromatic rings. The van der Waals surface area contributed by atoms with E-state index >= 15 is 0 Å². The van der Waals surface area contributed by atoms with E-state index in [-0.39, 0.29) is 0 Å². The van der Waals surface area contributed by atoms with Gasteiger partial charge in [0.15, 0.2) is 0 Å². The summed E-state index contributed by atoms with van der Waals surface area (Å²) in [6.45, 7) is 13.2. The molecule has 0 aromatic heterocycles. The van der Waals surface area contributed by atoms with Gasteiger partial charge in [0.2, 0.25) is 0 Å². The Hall–Kier alpha value is -0.781. The van der Waals surface area contributed by atoms with Crippen molar-refractivity contribution in [3.05, 3.63) is 52.0 Å². The van der Waals surface area contributed by atoms with Crippen LogP contribution in [0.2, 0.25) is 0 Å². The van der Waals surface area contributed by atoms with Crippen LogP contribution in [0, 0.1) is 5.41 Å². The number of allylic oxidation sites excluding steroid dienone is 2. The third-order valence-corrected chi connectivity index (χ3v) is 6.72. The van der Waals surface area contributed by atoms with Gasteiger partial charge in [-0.15, -0.1) is 0 Å². The maximum absolute atomic E-state index is 4.10. The van der Waals surface area contributed by atoms with Gasteiger partial charge in [0.05, 0.1) is 0 Å². The van der Waals surface area contributed by atoms with Crippen LogP contribution < -0.4 is 0 Å². The number of benzene rings is 1. The van der Waals surface area contributed by atoms with Crippen molar-refractivity contribution in [2.45, 2.75) is 38.9 Å². The van der Waals surface area contributed by atoms with Crippen LogP contribution in [0.5, 0.6) is 0 Å². The Kier molecular flexibility index (Phi) is 3.84. The fourth-order valence-electron chi connectivity index (χ4n) is 2.19. The van der Waals surface area contributed by atoms with Crippen LogP contribution in [-0.4, -0.2) is 15.0 Å². The van der Waals surface area contributed by atoms with Gasteiger partial charge >= 0.3 is 117 Å². The van der Waals surface area contributed by atoms with Crippen molar-refractivity contribution in [3.8, 4) is 0 Å². The standard InChI is InChI=1S/C17H22Se/c1-12(2)10-15-14-9-7-6-8-13(14)11-16(18-15)17(3,4)5/h6-9,11,15H,1,10H2,2-5H3. The van der Waals surface area contributed by atoms with E-state index in [1.165, 1.54) is 16.7 Å². The van der Waals surface area contributed by atoms with Crippen molar-refractivity contribution >= 4 is 21.0 Å². The first-order valence-corrected chi connectivity index (χ1v) is 8.34. The van der Waals surface area contributed by atoms with Gasteiger partial charge in [-0.25, -0.2) is 0 Å². The Labute approximate surface area is 117 Å². The Balaban J connectivity index is 2.42. The fraction of sp³-hybridized carbons (Fsp3) is 0.412. The zero-order chi connectivity index (χ0) is 13.3. The quantitative estimate of drug-likeness (QED) is 0.544. The molecule has 0 saturated carbocycles. The molecular formula is C17H22Se. The molecule has 96 valence electrons. The molecular weight excluding hydrogens is 283 g/mol. The molecule has 1 aliphatic heterocycles. The van der Waals surface area contributed by atoms with Crippen molar-refractivity contribution in [2.75, 3.05) is 0 Å². The summed E-state index contributed by atoms with van der Waals surface area (Å²) >= 11 is 0.547. The molecule has 1 heterocycles. The van der Waals surface area contributed by atoms with Gasteiger partial charge in [-0.3, -0.25) is 0 Å². The van der Waals surface area contributed by atoms with Crippen molar-refractivity contribution in [1.29, 1.82) is 0 Å². The van der Waals surface area contributed by atoms with E-state index in [0.29, 0.717) is 25.2 Å². The summed E-state index contributed by atoms with van der Waals surface area (Å²) in [6.07, 6.45) is 3.55. The van der Waals surface area contributed by atoms with Crippen molar-refractivity contribution < 1.29 is 0 Å². The number of hydrogen-bond donors (Lipinski definition) is 0. The van der Waals surface area contributed by atoms with Crippen molar-refractivity contribution in [3.63, 3.8) is 0 Å². The number of rotatable bonds is 2. The topological polar surface area (TPSA) is 0 Å². The van der Waals surface area contributed by atoms with E-state index in [2.05, 4.69) is 64.6 Å². The molecule has 2 rings (SSSR count). The van der Waals surface area contributed by atoms with Crippen LogP contribution in [0.25, 0.3) is 6.08 Å². The summed E-state index contributed by atoms with van der Waals surface area (Å²) in [7, 11) is 0. The van der Waals surface area contributed by atoms with Gasteiger partial charge in [-0.1, -0.05) is 0 Å². The second-order valence-electron chi connectivity index (χ2n) is 6.16. The molecule has 0 fully saturated rings. The van der Waals surface area contributed by atoms with E-state index in [9.17, 15) is 0 Å². The Morgan fingerprint density at radius 1 is 1.28 bits per heavy atom. The van der Waals surface area contributed by atoms with E-state index in [0.717, 1.165) is 6.42 Å². The Morgan fingerprint density at radius 2 is 1.94 bits per heavy atom. The summed E-state index contributed by atoms with van der Waals surface area (Å²) in [4.78, 5) is 0.672. The number of fused-ring (bicyclic) bond motifs is 1. The van der Waals surface area contributed by atoms with Crippen molar-refractivity contribution in [2.24, 2.45) is 5.41 Å². The molecule has 1 aromatic carbocycles. The second kappa shape index (κ2) is 5.07. The van der Waals surface area contributed by atoms with Crippen LogP contribution in [-0.2, 0) is 0 Å². The van der Waals surface area contributed by atoms with E-state index < -0.39 is 0 Å². The zero-order valence-corrected chi connectivity index (χ0v) is 13.5. The zero-order valence-electron chi connectivity index (χ0n) is 11.8. The molecule has 1 aliphatic rings. The SMILES string of the molecule is C=C(C)CC1[Se]C(C(C)(C)C)=Cc2ccccc21. The first-order chi connectivity index (χ1) is 8.38. The van der Waals surface area contributed by atoms with Crippen LogP contribution in [0.3, 0.4) is 0 Å². The predicted molar refractivity (Wildman–Crippen MR) is 81.8 cm³/mol. The van der Waals surface area contributed by atoms with Crippen molar-refractivity contribution in [1.82, 2.24) is 0 Å². The molecule has 0 radical (unpaired) electrons. The Bertz CT molecular complexity index is 489. The van der Waals surface area contributed by atoms with Gasteiger partial charge in [0, 0.05) is 0 Å². The molecule has 0 N–H and O–H groups in total. The molecule has 1 heteroatoms. The van der Waals surface area contributed by atoms with Crippen LogP contribution in [0.1, 0.15) is 50.1 Å². The van der Waals surface area contributed by atoms with E-state index in [1.807, 2.05) is 0 Å². The van der Waals surface area contributed by atoms with Gasteiger partial charge in [-0.2, -0.15) is 0 Å². The summed E-state index contributed by atoms with van der Waals surface area (Å²) in [5.41, 5.74) is 4.53.